The van der Waals surface area contributed by atoms with Crippen molar-refractivity contribution in [3.63, 3.8) is 0 Å². The topological polar surface area (TPSA) is 56.5 Å². The van der Waals surface area contributed by atoms with Crippen molar-refractivity contribution in [2.45, 2.75) is 13.3 Å². The Bertz CT molecular complexity index is 716. The van der Waals surface area contributed by atoms with Crippen molar-refractivity contribution in [3.05, 3.63) is 46.4 Å². The summed E-state index contributed by atoms with van der Waals surface area (Å²) in [7, 11) is 0. The second-order valence-electron chi connectivity index (χ2n) is 4.46. The molecule has 0 saturated carbocycles. The Kier molecular flexibility index (Phi) is 3.16. The second-order valence-corrected chi connectivity index (χ2v) is 5.31. The molecule has 0 radical (unpaired) electrons. The van der Waals surface area contributed by atoms with Gasteiger partial charge in [-0.15, -0.1) is 0 Å². The van der Waals surface area contributed by atoms with Crippen LogP contribution in [-0.4, -0.2) is 15.9 Å². The molecule has 0 aromatic carbocycles. The number of hydrogen-bond acceptors (Lipinski definition) is 3. The zero-order valence-corrected chi connectivity index (χ0v) is 12.1. The van der Waals surface area contributed by atoms with Gasteiger partial charge in [-0.05, 0) is 53.2 Å². The van der Waals surface area contributed by atoms with Crippen LogP contribution >= 0.6 is 15.9 Å². The van der Waals surface area contributed by atoms with Gasteiger partial charge >= 0.3 is 0 Å². The Balaban J connectivity index is 2.29. The summed E-state index contributed by atoms with van der Waals surface area (Å²) in [5.41, 5.74) is 9.73. The number of aromatic nitrogens is 2. The third kappa shape index (κ3) is 2.09. The van der Waals surface area contributed by atoms with Crippen LogP contribution in [-0.2, 0) is 6.42 Å². The molecule has 5 heteroatoms. The smallest absolute Gasteiger partial charge is 0.154 e. The third-order valence-corrected chi connectivity index (χ3v) is 3.97. The molecule has 2 N–H and O–H groups in total. The third-order valence-electron chi connectivity index (χ3n) is 3.14. The van der Waals surface area contributed by atoms with Crippen molar-refractivity contribution in [2.75, 3.05) is 6.54 Å². The average Bonchev–Trinajstić information content (AvgIpc) is 3.00. The van der Waals surface area contributed by atoms with Crippen molar-refractivity contribution >= 4 is 21.6 Å². The van der Waals surface area contributed by atoms with Crippen LogP contribution < -0.4 is 5.73 Å². The lowest BCUT2D eigenvalue weighted by Crippen LogP contribution is -2.06. The lowest BCUT2D eigenvalue weighted by molar-refractivity contribution is 0.579. The minimum atomic E-state index is 0.576. The van der Waals surface area contributed by atoms with E-state index >= 15 is 0 Å². The zero-order valence-electron chi connectivity index (χ0n) is 10.6. The van der Waals surface area contributed by atoms with E-state index < -0.39 is 0 Å². The molecule has 0 aliphatic carbocycles. The molecule has 3 rings (SSSR count). The zero-order chi connectivity index (χ0) is 13.4. The number of furan rings is 1. The number of imidazole rings is 1. The molecule has 0 aliphatic heterocycles. The highest BCUT2D eigenvalue weighted by molar-refractivity contribution is 9.10. The first-order chi connectivity index (χ1) is 9.20. The second kappa shape index (κ2) is 4.83. The van der Waals surface area contributed by atoms with E-state index in [1.807, 2.05) is 25.3 Å². The minimum absolute atomic E-state index is 0.576. The van der Waals surface area contributed by atoms with Gasteiger partial charge in [0.05, 0.1) is 12.0 Å². The summed E-state index contributed by atoms with van der Waals surface area (Å²) in [6.07, 6.45) is 4.45. The quantitative estimate of drug-likeness (QED) is 0.806. The number of nitrogens with zero attached hydrogens (tertiary/aromatic N) is 2. The summed E-state index contributed by atoms with van der Waals surface area (Å²) in [6, 6.07) is 5.84. The fourth-order valence-electron chi connectivity index (χ4n) is 2.20. The first-order valence-corrected chi connectivity index (χ1v) is 6.91. The van der Waals surface area contributed by atoms with Crippen molar-refractivity contribution in [3.8, 4) is 11.5 Å². The lowest BCUT2D eigenvalue weighted by atomic mass is 10.2. The normalized spacial score (nSPS) is 11.3. The van der Waals surface area contributed by atoms with Crippen LogP contribution in [0, 0.1) is 6.92 Å². The number of fused-ring (bicyclic) bond motifs is 1. The molecular formula is C14H14BrN3O. The number of aryl methyl sites for hydroxylation is 1. The van der Waals surface area contributed by atoms with E-state index in [0.717, 1.165) is 39.3 Å². The van der Waals surface area contributed by atoms with Crippen molar-refractivity contribution < 1.29 is 4.42 Å². The molecule has 4 nitrogen and oxygen atoms in total. The van der Waals surface area contributed by atoms with Crippen LogP contribution in [0.1, 0.15) is 11.3 Å². The maximum atomic E-state index is 5.72. The maximum absolute atomic E-state index is 5.72. The Morgan fingerprint density at radius 3 is 3.00 bits per heavy atom. The molecule has 0 fully saturated rings. The minimum Gasteiger partial charge on any atom is -0.463 e. The monoisotopic (exact) mass is 319 g/mol. The van der Waals surface area contributed by atoms with E-state index in [4.69, 9.17) is 10.2 Å². The first-order valence-electron chi connectivity index (χ1n) is 6.11. The summed E-state index contributed by atoms with van der Waals surface area (Å²) < 4.78 is 8.60. The number of halogens is 1. The summed E-state index contributed by atoms with van der Waals surface area (Å²) in [5.74, 6) is 0.779. The largest absolute Gasteiger partial charge is 0.463 e. The Morgan fingerprint density at radius 2 is 2.32 bits per heavy atom. The summed E-state index contributed by atoms with van der Waals surface area (Å²) in [4.78, 5) is 4.67. The molecular weight excluding hydrogens is 306 g/mol. The standard InChI is InChI=1S/C14H14BrN3O/c1-9-7-13-17-14(12-3-2-6-19-12)11(4-5-16)18(13)8-10(9)15/h2-3,6-8H,4-5,16H2,1H3. The molecule has 3 heterocycles. The van der Waals surface area contributed by atoms with Gasteiger partial charge in [0, 0.05) is 17.1 Å². The maximum Gasteiger partial charge on any atom is 0.154 e. The molecule has 0 bridgehead atoms. The van der Waals surface area contributed by atoms with Crippen LogP contribution in [0.3, 0.4) is 0 Å². The Hall–Kier alpha value is -1.59. The van der Waals surface area contributed by atoms with Gasteiger partial charge in [-0.2, -0.15) is 0 Å². The summed E-state index contributed by atoms with van der Waals surface area (Å²) >= 11 is 3.56. The van der Waals surface area contributed by atoms with Crippen LogP contribution in [0.4, 0.5) is 0 Å². The first kappa shape index (κ1) is 12.4. The van der Waals surface area contributed by atoms with Crippen LogP contribution in [0.2, 0.25) is 0 Å². The van der Waals surface area contributed by atoms with Gasteiger partial charge in [0.15, 0.2) is 5.76 Å². The predicted octanol–water partition coefficient (Wildman–Crippen LogP) is 3.17. The van der Waals surface area contributed by atoms with E-state index in [1.54, 1.807) is 6.26 Å². The van der Waals surface area contributed by atoms with Crippen LogP contribution in [0.15, 0.2) is 39.5 Å². The molecule has 19 heavy (non-hydrogen) atoms. The number of hydrogen-bond donors (Lipinski definition) is 1. The van der Waals surface area contributed by atoms with E-state index in [0.29, 0.717) is 6.54 Å². The van der Waals surface area contributed by atoms with Crippen LogP contribution in [0.25, 0.3) is 17.1 Å². The van der Waals surface area contributed by atoms with Crippen molar-refractivity contribution in [1.82, 2.24) is 9.38 Å². The van der Waals surface area contributed by atoms with Gasteiger partial charge in [0.25, 0.3) is 0 Å². The molecule has 0 amide bonds. The number of pyridine rings is 1. The van der Waals surface area contributed by atoms with E-state index in [9.17, 15) is 0 Å². The van der Waals surface area contributed by atoms with Gasteiger partial charge in [-0.3, -0.25) is 0 Å². The Morgan fingerprint density at radius 1 is 1.47 bits per heavy atom. The molecule has 98 valence electrons. The van der Waals surface area contributed by atoms with Crippen molar-refractivity contribution in [1.29, 1.82) is 0 Å². The van der Waals surface area contributed by atoms with Gasteiger partial charge in [0.2, 0.25) is 0 Å². The SMILES string of the molecule is Cc1cc2nc(-c3ccco3)c(CCN)n2cc1Br. The molecule has 0 spiro atoms. The average molecular weight is 320 g/mol. The highest BCUT2D eigenvalue weighted by Gasteiger charge is 2.16. The molecule has 0 aliphatic rings. The molecule has 0 saturated heterocycles. The van der Waals surface area contributed by atoms with Gasteiger partial charge in [-0.1, -0.05) is 0 Å². The molecule has 3 aromatic heterocycles. The highest BCUT2D eigenvalue weighted by Crippen LogP contribution is 2.27. The predicted molar refractivity (Wildman–Crippen MR) is 78.1 cm³/mol. The fourth-order valence-corrected chi connectivity index (χ4v) is 2.51. The van der Waals surface area contributed by atoms with Gasteiger partial charge < -0.3 is 14.6 Å². The fraction of sp³-hybridized carbons (Fsp3) is 0.214. The number of nitrogens with two attached hydrogens (primary N) is 1. The van der Waals surface area contributed by atoms with Gasteiger partial charge in [-0.25, -0.2) is 4.98 Å². The highest BCUT2D eigenvalue weighted by atomic mass is 79.9. The lowest BCUT2D eigenvalue weighted by Gasteiger charge is -2.04. The summed E-state index contributed by atoms with van der Waals surface area (Å²) in [5, 5.41) is 0. The van der Waals surface area contributed by atoms with E-state index in [1.165, 1.54) is 0 Å². The van der Waals surface area contributed by atoms with Crippen LogP contribution in [0.5, 0.6) is 0 Å². The molecule has 0 unspecified atom stereocenters. The molecule has 0 atom stereocenters. The molecule has 3 aromatic rings. The van der Waals surface area contributed by atoms with Crippen molar-refractivity contribution in [2.24, 2.45) is 5.73 Å². The summed E-state index contributed by atoms with van der Waals surface area (Å²) in [6.45, 7) is 2.63. The van der Waals surface area contributed by atoms with Gasteiger partial charge in [0.1, 0.15) is 11.3 Å². The van der Waals surface area contributed by atoms with E-state index in [2.05, 4.69) is 31.4 Å². The van der Waals surface area contributed by atoms with E-state index in [-0.39, 0.29) is 0 Å². The number of rotatable bonds is 3. The Labute approximate surface area is 119 Å².